The molecule has 34 heavy (non-hydrogen) atoms. The quantitative estimate of drug-likeness (QED) is 0.456. The van der Waals surface area contributed by atoms with Gasteiger partial charge in [-0.25, -0.2) is 13.8 Å². The molecule has 0 unspecified atom stereocenters. The van der Waals surface area contributed by atoms with Crippen molar-refractivity contribution in [3.63, 3.8) is 0 Å². The molecule has 0 bridgehead atoms. The van der Waals surface area contributed by atoms with Crippen molar-refractivity contribution in [2.75, 3.05) is 5.32 Å². The van der Waals surface area contributed by atoms with Gasteiger partial charge < -0.3 is 14.8 Å². The van der Waals surface area contributed by atoms with E-state index in [1.165, 1.54) is 0 Å². The molecular weight excluding hydrogens is 438 g/mol. The van der Waals surface area contributed by atoms with Gasteiger partial charge in [-0.2, -0.15) is 0 Å². The van der Waals surface area contributed by atoms with Crippen molar-refractivity contribution in [2.45, 2.75) is 32.0 Å². The summed E-state index contributed by atoms with van der Waals surface area (Å²) in [5, 5.41) is 2.41. The number of anilines is 1. The van der Waals surface area contributed by atoms with Crippen molar-refractivity contribution in [3.05, 3.63) is 95.8 Å². The zero-order chi connectivity index (χ0) is 23.8. The minimum absolute atomic E-state index is 0.234. The van der Waals surface area contributed by atoms with Crippen LogP contribution >= 0.6 is 0 Å². The summed E-state index contributed by atoms with van der Waals surface area (Å²) in [5.41, 5.74) is 2.16. The van der Waals surface area contributed by atoms with Crippen LogP contribution in [0.3, 0.4) is 0 Å². The summed E-state index contributed by atoms with van der Waals surface area (Å²) in [7, 11) is 0. The number of aromatic nitrogens is 2. The van der Waals surface area contributed by atoms with E-state index >= 15 is 0 Å². The Kier molecular flexibility index (Phi) is 5.57. The summed E-state index contributed by atoms with van der Waals surface area (Å²) in [6.07, 6.45) is -0.250. The molecule has 0 saturated carbocycles. The number of carbonyl (C=O) groups excluding carboxylic acids is 2. The maximum Gasteiger partial charge on any atom is 0.247 e. The number of carbonyl (C=O) groups is 2. The third-order valence-corrected chi connectivity index (χ3v) is 6.12. The number of fused-ring (bicyclic) bond motifs is 3. The van der Waals surface area contributed by atoms with Crippen molar-refractivity contribution in [1.29, 1.82) is 0 Å². The van der Waals surface area contributed by atoms with E-state index in [9.17, 15) is 18.4 Å². The van der Waals surface area contributed by atoms with Crippen LogP contribution in [0, 0.1) is 11.6 Å². The van der Waals surface area contributed by atoms with Crippen LogP contribution in [0.25, 0.3) is 11.0 Å². The molecular formula is C26H22F2N4O2. The number of nitrogens with one attached hydrogen (secondary N) is 1. The minimum Gasteiger partial charge on any atom is -0.327 e. The first-order valence-corrected chi connectivity index (χ1v) is 11.0. The van der Waals surface area contributed by atoms with Gasteiger partial charge in [-0.05, 0) is 36.8 Å². The lowest BCUT2D eigenvalue weighted by Crippen LogP contribution is -2.45. The van der Waals surface area contributed by atoms with E-state index in [1.807, 2.05) is 61.5 Å². The fraction of sp³-hybridized carbons (Fsp3) is 0.192. The van der Waals surface area contributed by atoms with E-state index < -0.39 is 23.6 Å². The zero-order valence-corrected chi connectivity index (χ0v) is 18.4. The average molecular weight is 460 g/mol. The van der Waals surface area contributed by atoms with Gasteiger partial charge in [-0.1, -0.05) is 42.5 Å². The Morgan fingerprint density at radius 2 is 1.76 bits per heavy atom. The Labute approximate surface area is 194 Å². The van der Waals surface area contributed by atoms with Crippen LogP contribution in [0.15, 0.2) is 72.8 Å². The second-order valence-electron chi connectivity index (χ2n) is 8.35. The highest BCUT2D eigenvalue weighted by Crippen LogP contribution is 2.37. The largest absolute Gasteiger partial charge is 0.327 e. The third-order valence-electron chi connectivity index (χ3n) is 6.12. The molecule has 2 amide bonds. The van der Waals surface area contributed by atoms with Crippen LogP contribution in [0.4, 0.5) is 14.5 Å². The second-order valence-corrected chi connectivity index (χ2v) is 8.35. The van der Waals surface area contributed by atoms with Crippen LogP contribution in [-0.2, 0) is 16.1 Å². The number of hydrogen-bond acceptors (Lipinski definition) is 3. The van der Waals surface area contributed by atoms with E-state index in [-0.39, 0.29) is 24.1 Å². The van der Waals surface area contributed by atoms with Crippen LogP contribution < -0.4 is 5.32 Å². The second kappa shape index (κ2) is 8.70. The Morgan fingerprint density at radius 1 is 1.03 bits per heavy atom. The highest BCUT2D eigenvalue weighted by molar-refractivity contribution is 5.96. The van der Waals surface area contributed by atoms with Crippen molar-refractivity contribution in [2.24, 2.45) is 0 Å². The van der Waals surface area contributed by atoms with Gasteiger partial charge in [0, 0.05) is 12.6 Å². The fourth-order valence-electron chi connectivity index (χ4n) is 4.46. The van der Waals surface area contributed by atoms with Crippen LogP contribution in [0.2, 0.25) is 0 Å². The van der Waals surface area contributed by atoms with E-state index in [4.69, 9.17) is 4.98 Å². The highest BCUT2D eigenvalue weighted by Gasteiger charge is 2.40. The zero-order valence-electron chi connectivity index (χ0n) is 18.4. The first-order chi connectivity index (χ1) is 16.4. The molecule has 8 heteroatoms. The van der Waals surface area contributed by atoms with Gasteiger partial charge in [0.1, 0.15) is 23.5 Å². The molecule has 0 saturated heterocycles. The predicted molar refractivity (Wildman–Crippen MR) is 124 cm³/mol. The molecule has 3 aromatic carbocycles. The molecule has 2 atom stereocenters. The van der Waals surface area contributed by atoms with Gasteiger partial charge in [0.15, 0.2) is 0 Å². The molecule has 172 valence electrons. The molecule has 0 spiro atoms. The van der Waals surface area contributed by atoms with Gasteiger partial charge in [-0.15, -0.1) is 0 Å². The van der Waals surface area contributed by atoms with E-state index in [0.29, 0.717) is 12.4 Å². The first-order valence-electron chi connectivity index (χ1n) is 11.0. The van der Waals surface area contributed by atoms with Gasteiger partial charge in [0.25, 0.3) is 0 Å². The van der Waals surface area contributed by atoms with E-state index in [1.54, 1.807) is 9.47 Å². The van der Waals surface area contributed by atoms with Crippen molar-refractivity contribution < 1.29 is 18.4 Å². The number of benzene rings is 3. The molecule has 2 heterocycles. The van der Waals surface area contributed by atoms with Crippen molar-refractivity contribution >= 4 is 28.5 Å². The van der Waals surface area contributed by atoms with E-state index in [0.717, 1.165) is 34.8 Å². The highest BCUT2D eigenvalue weighted by atomic mass is 19.1. The van der Waals surface area contributed by atoms with Gasteiger partial charge in [0.05, 0.1) is 29.2 Å². The normalized spacial score (nSPS) is 17.6. The fourth-order valence-corrected chi connectivity index (χ4v) is 4.46. The third kappa shape index (κ3) is 3.91. The number of para-hydroxylation sites is 2. The van der Waals surface area contributed by atoms with Gasteiger partial charge >= 0.3 is 0 Å². The Balaban J connectivity index is 1.51. The molecule has 0 aliphatic carbocycles. The SMILES string of the molecule is C[C@H]1c2nc3ccccc3n2[C@@H](CC(=O)Nc2cc(F)ccc2F)C(=O)N1Cc1ccccc1. The number of imidazole rings is 1. The molecule has 1 aromatic heterocycles. The lowest BCUT2D eigenvalue weighted by molar-refractivity contribution is -0.142. The number of amides is 2. The number of nitrogens with zero attached hydrogens (tertiary/aromatic N) is 3. The van der Waals surface area contributed by atoms with Gasteiger partial charge in [0.2, 0.25) is 11.8 Å². The van der Waals surface area contributed by atoms with Gasteiger partial charge in [-0.3, -0.25) is 9.59 Å². The molecule has 0 fully saturated rings. The molecule has 1 aliphatic heterocycles. The van der Waals surface area contributed by atoms with Crippen molar-refractivity contribution in [1.82, 2.24) is 14.5 Å². The smallest absolute Gasteiger partial charge is 0.247 e. The number of hydrogen-bond donors (Lipinski definition) is 1. The first kappa shape index (κ1) is 21.8. The van der Waals surface area contributed by atoms with Crippen LogP contribution in [-0.4, -0.2) is 26.3 Å². The Bertz CT molecular complexity index is 1390. The van der Waals surface area contributed by atoms with Crippen molar-refractivity contribution in [3.8, 4) is 0 Å². The summed E-state index contributed by atoms with van der Waals surface area (Å²) in [6, 6.07) is 18.7. The average Bonchev–Trinajstić information content (AvgIpc) is 3.22. The number of rotatable bonds is 5. The summed E-state index contributed by atoms with van der Waals surface area (Å²) in [5.74, 6) is -1.58. The number of halogens is 2. The predicted octanol–water partition coefficient (Wildman–Crippen LogP) is 4.99. The molecule has 6 nitrogen and oxygen atoms in total. The lowest BCUT2D eigenvalue weighted by Gasteiger charge is -2.38. The summed E-state index contributed by atoms with van der Waals surface area (Å²) in [6.45, 7) is 2.28. The minimum atomic E-state index is -0.876. The summed E-state index contributed by atoms with van der Waals surface area (Å²) < 4.78 is 29.4. The molecule has 1 N–H and O–H groups in total. The standard InChI is InChI=1S/C26H22F2N4O2/c1-16-25-30-20-9-5-6-10-22(20)32(25)23(26(34)31(16)15-17-7-3-2-4-8-17)14-24(33)29-21-13-18(27)11-12-19(21)28/h2-13,16,23H,14-15H2,1H3,(H,29,33)/t16-,23-/m0/s1. The Morgan fingerprint density at radius 3 is 2.56 bits per heavy atom. The maximum absolute atomic E-state index is 14.1. The lowest BCUT2D eigenvalue weighted by atomic mass is 10.0. The summed E-state index contributed by atoms with van der Waals surface area (Å²) in [4.78, 5) is 33.1. The van der Waals surface area contributed by atoms with Crippen LogP contribution in [0.1, 0.15) is 36.8 Å². The summed E-state index contributed by atoms with van der Waals surface area (Å²) >= 11 is 0. The molecule has 5 rings (SSSR count). The topological polar surface area (TPSA) is 67.2 Å². The maximum atomic E-state index is 14.1. The molecule has 0 radical (unpaired) electrons. The van der Waals surface area contributed by atoms with E-state index in [2.05, 4.69) is 5.32 Å². The Hall–Kier alpha value is -4.07. The molecule has 1 aliphatic rings. The molecule has 4 aromatic rings. The monoisotopic (exact) mass is 460 g/mol. The van der Waals surface area contributed by atoms with Crippen LogP contribution in [0.5, 0.6) is 0 Å².